The first-order valence-corrected chi connectivity index (χ1v) is 6.86. The van der Waals surface area contributed by atoms with E-state index in [9.17, 15) is 4.79 Å². The molecule has 0 aliphatic carbocycles. The standard InChI is InChI=1S/C16H14BrNO2/c1-20-15-9-7-12(11-14(15)17)8-10-16(19)18-13-5-3-2-4-6-13/h2-11H,1H3,(H,18,19). The second-order valence-electron chi connectivity index (χ2n) is 4.08. The van der Waals surface area contributed by atoms with E-state index < -0.39 is 0 Å². The van der Waals surface area contributed by atoms with E-state index in [1.807, 2.05) is 48.5 Å². The van der Waals surface area contributed by atoms with Gasteiger partial charge in [-0.3, -0.25) is 4.79 Å². The maximum absolute atomic E-state index is 11.8. The fourth-order valence-corrected chi connectivity index (χ4v) is 2.22. The lowest BCUT2D eigenvalue weighted by molar-refractivity contribution is -0.111. The highest BCUT2D eigenvalue weighted by Gasteiger charge is 2.00. The van der Waals surface area contributed by atoms with Crippen LogP contribution in [0.4, 0.5) is 5.69 Å². The van der Waals surface area contributed by atoms with Crippen molar-refractivity contribution < 1.29 is 9.53 Å². The largest absolute Gasteiger partial charge is 0.496 e. The zero-order valence-electron chi connectivity index (χ0n) is 11.0. The zero-order valence-corrected chi connectivity index (χ0v) is 12.6. The van der Waals surface area contributed by atoms with Gasteiger partial charge in [0.15, 0.2) is 0 Å². The maximum atomic E-state index is 11.8. The Labute approximate surface area is 126 Å². The SMILES string of the molecule is COc1ccc(C=CC(=O)Nc2ccccc2)cc1Br. The van der Waals surface area contributed by atoms with Gasteiger partial charge in [-0.25, -0.2) is 0 Å². The number of anilines is 1. The van der Waals surface area contributed by atoms with E-state index in [0.29, 0.717) is 0 Å². The summed E-state index contributed by atoms with van der Waals surface area (Å²) >= 11 is 3.41. The van der Waals surface area contributed by atoms with E-state index in [4.69, 9.17) is 4.74 Å². The monoisotopic (exact) mass is 331 g/mol. The van der Waals surface area contributed by atoms with Gasteiger partial charge in [0.25, 0.3) is 0 Å². The highest BCUT2D eigenvalue weighted by molar-refractivity contribution is 9.10. The highest BCUT2D eigenvalue weighted by Crippen LogP contribution is 2.25. The van der Waals surface area contributed by atoms with Gasteiger partial charge in [0.2, 0.25) is 5.91 Å². The summed E-state index contributed by atoms with van der Waals surface area (Å²) in [6.45, 7) is 0. The van der Waals surface area contributed by atoms with E-state index in [2.05, 4.69) is 21.2 Å². The van der Waals surface area contributed by atoms with Crippen molar-refractivity contribution in [2.45, 2.75) is 0 Å². The van der Waals surface area contributed by atoms with Crippen molar-refractivity contribution in [3.8, 4) is 5.75 Å². The van der Waals surface area contributed by atoms with Crippen LogP contribution >= 0.6 is 15.9 Å². The lowest BCUT2D eigenvalue weighted by Gasteiger charge is -2.03. The van der Waals surface area contributed by atoms with E-state index >= 15 is 0 Å². The molecule has 0 aliphatic heterocycles. The second-order valence-corrected chi connectivity index (χ2v) is 4.94. The number of carbonyl (C=O) groups excluding carboxylic acids is 1. The van der Waals surface area contributed by atoms with Crippen LogP contribution in [0.25, 0.3) is 6.08 Å². The predicted molar refractivity (Wildman–Crippen MR) is 84.8 cm³/mol. The lowest BCUT2D eigenvalue weighted by Crippen LogP contribution is -2.07. The summed E-state index contributed by atoms with van der Waals surface area (Å²) in [5.74, 6) is 0.596. The first-order valence-electron chi connectivity index (χ1n) is 6.06. The maximum Gasteiger partial charge on any atom is 0.248 e. The fourth-order valence-electron chi connectivity index (χ4n) is 1.66. The molecule has 2 aromatic rings. The number of carbonyl (C=O) groups is 1. The van der Waals surface area contributed by atoms with Gasteiger partial charge in [0, 0.05) is 11.8 Å². The minimum Gasteiger partial charge on any atom is -0.496 e. The first-order chi connectivity index (χ1) is 9.69. The van der Waals surface area contributed by atoms with Gasteiger partial charge in [-0.05, 0) is 51.8 Å². The number of hydrogen-bond donors (Lipinski definition) is 1. The van der Waals surface area contributed by atoms with Gasteiger partial charge in [-0.15, -0.1) is 0 Å². The molecule has 0 atom stereocenters. The van der Waals surface area contributed by atoms with Crippen molar-refractivity contribution in [2.75, 3.05) is 12.4 Å². The average Bonchev–Trinajstić information content (AvgIpc) is 2.46. The van der Waals surface area contributed by atoms with Crippen LogP contribution in [0.2, 0.25) is 0 Å². The van der Waals surface area contributed by atoms with Crippen LogP contribution in [0.1, 0.15) is 5.56 Å². The number of hydrogen-bond acceptors (Lipinski definition) is 2. The Balaban J connectivity index is 2.02. The molecular formula is C16H14BrNO2. The molecule has 1 amide bonds. The number of halogens is 1. The summed E-state index contributed by atoms with van der Waals surface area (Å²) < 4.78 is 6.01. The third kappa shape index (κ3) is 3.96. The Bertz CT molecular complexity index is 624. The van der Waals surface area contributed by atoms with Gasteiger partial charge in [-0.1, -0.05) is 24.3 Å². The Morgan fingerprint density at radius 1 is 1.20 bits per heavy atom. The van der Waals surface area contributed by atoms with Crippen LogP contribution < -0.4 is 10.1 Å². The molecule has 0 radical (unpaired) electrons. The van der Waals surface area contributed by atoms with E-state index in [-0.39, 0.29) is 5.91 Å². The van der Waals surface area contributed by atoms with Gasteiger partial charge < -0.3 is 10.1 Å². The fraction of sp³-hybridized carbons (Fsp3) is 0.0625. The molecule has 0 unspecified atom stereocenters. The zero-order chi connectivity index (χ0) is 14.4. The average molecular weight is 332 g/mol. The summed E-state index contributed by atoms with van der Waals surface area (Å²) in [6, 6.07) is 15.0. The normalized spacial score (nSPS) is 10.5. The quantitative estimate of drug-likeness (QED) is 0.856. The highest BCUT2D eigenvalue weighted by atomic mass is 79.9. The van der Waals surface area contributed by atoms with Crippen molar-refractivity contribution in [3.05, 3.63) is 64.6 Å². The van der Waals surface area contributed by atoms with Crippen molar-refractivity contribution >= 4 is 33.6 Å². The van der Waals surface area contributed by atoms with Gasteiger partial charge in [0.1, 0.15) is 5.75 Å². The smallest absolute Gasteiger partial charge is 0.248 e. The lowest BCUT2D eigenvalue weighted by atomic mass is 10.2. The number of amides is 1. The summed E-state index contributed by atoms with van der Waals surface area (Å²) in [4.78, 5) is 11.8. The van der Waals surface area contributed by atoms with E-state index in [1.165, 1.54) is 6.08 Å². The minimum atomic E-state index is -0.164. The van der Waals surface area contributed by atoms with Crippen LogP contribution in [-0.4, -0.2) is 13.0 Å². The van der Waals surface area contributed by atoms with E-state index in [0.717, 1.165) is 21.5 Å². The Morgan fingerprint density at radius 3 is 2.60 bits per heavy atom. The summed E-state index contributed by atoms with van der Waals surface area (Å²) in [5.41, 5.74) is 1.69. The molecule has 0 saturated carbocycles. The topological polar surface area (TPSA) is 38.3 Å². The molecule has 0 heterocycles. The van der Waals surface area contributed by atoms with Crippen LogP contribution in [0.3, 0.4) is 0 Å². The number of para-hydroxylation sites is 1. The third-order valence-electron chi connectivity index (χ3n) is 2.64. The number of methoxy groups -OCH3 is 1. The van der Waals surface area contributed by atoms with E-state index in [1.54, 1.807) is 13.2 Å². The molecule has 0 bridgehead atoms. The van der Waals surface area contributed by atoms with Gasteiger partial charge in [-0.2, -0.15) is 0 Å². The third-order valence-corrected chi connectivity index (χ3v) is 3.26. The number of rotatable bonds is 4. The Morgan fingerprint density at radius 2 is 1.95 bits per heavy atom. The first kappa shape index (κ1) is 14.3. The summed E-state index contributed by atoms with van der Waals surface area (Å²) in [6.07, 6.45) is 3.25. The van der Waals surface area contributed by atoms with Gasteiger partial charge in [0.05, 0.1) is 11.6 Å². The van der Waals surface area contributed by atoms with Crippen LogP contribution in [0, 0.1) is 0 Å². The minimum absolute atomic E-state index is 0.164. The molecule has 3 nitrogen and oxygen atoms in total. The van der Waals surface area contributed by atoms with Crippen LogP contribution in [0.5, 0.6) is 5.75 Å². The molecule has 2 rings (SSSR count). The Kier molecular flexibility index (Phi) is 4.96. The van der Waals surface area contributed by atoms with Crippen molar-refractivity contribution in [2.24, 2.45) is 0 Å². The van der Waals surface area contributed by atoms with Crippen LogP contribution in [0.15, 0.2) is 59.1 Å². The number of nitrogens with one attached hydrogen (secondary N) is 1. The molecular weight excluding hydrogens is 318 g/mol. The summed E-state index contributed by atoms with van der Waals surface area (Å²) in [5, 5.41) is 2.79. The molecule has 0 saturated heterocycles. The molecule has 4 heteroatoms. The van der Waals surface area contributed by atoms with Gasteiger partial charge >= 0.3 is 0 Å². The van der Waals surface area contributed by atoms with Crippen molar-refractivity contribution in [1.82, 2.24) is 0 Å². The van der Waals surface area contributed by atoms with Crippen molar-refractivity contribution in [1.29, 1.82) is 0 Å². The summed E-state index contributed by atoms with van der Waals surface area (Å²) in [7, 11) is 1.61. The second kappa shape index (κ2) is 6.91. The molecule has 2 aromatic carbocycles. The predicted octanol–water partition coefficient (Wildman–Crippen LogP) is 4.11. The molecule has 0 aliphatic rings. The molecule has 20 heavy (non-hydrogen) atoms. The molecule has 1 N–H and O–H groups in total. The molecule has 102 valence electrons. The Hall–Kier alpha value is -2.07. The number of ether oxygens (including phenoxy) is 1. The number of benzene rings is 2. The molecule has 0 aromatic heterocycles. The van der Waals surface area contributed by atoms with Crippen molar-refractivity contribution in [3.63, 3.8) is 0 Å². The molecule has 0 spiro atoms. The van der Waals surface area contributed by atoms with Crippen LogP contribution in [-0.2, 0) is 4.79 Å². The molecule has 0 fully saturated rings.